The van der Waals surface area contributed by atoms with Crippen LogP contribution in [0.5, 0.6) is 0 Å². The molecule has 512 valence electrons. The van der Waals surface area contributed by atoms with E-state index in [9.17, 15) is 43.2 Å². The highest BCUT2D eigenvalue weighted by Gasteiger charge is 2.30. The first-order chi connectivity index (χ1) is 41.9. The maximum atomic E-state index is 13.0. The largest absolute Gasteiger partial charge is 0.472 e. The monoisotopic (exact) mass is 1280 g/mol. The van der Waals surface area contributed by atoms with Gasteiger partial charge in [0.2, 0.25) is 0 Å². The molecule has 6 atom stereocenters. The van der Waals surface area contributed by atoms with E-state index < -0.39 is 97.5 Å². The number of allylic oxidation sites excluding steroid dienone is 4. The topological polar surface area (TPSA) is 237 Å². The van der Waals surface area contributed by atoms with Crippen molar-refractivity contribution in [3.8, 4) is 0 Å². The second-order valence-electron chi connectivity index (χ2n) is 24.6. The highest BCUT2D eigenvalue weighted by atomic mass is 31.2. The molecule has 17 nitrogen and oxygen atoms in total. The SMILES string of the molecule is CCCCCC/C=C\C=C/CCCCCCCC(=O)O[C@H](COC(=O)CCCCCCCCCCCCC(C)CC)COP(=O)(O)OC[C@@H](O)COP(=O)(O)OC[C@@H](COC(=O)CCCCCCCCC)OC(=O)CCCCCCCCCCC(C)C. The zero-order chi connectivity index (χ0) is 64.3. The van der Waals surface area contributed by atoms with E-state index in [4.69, 9.17) is 37.0 Å². The van der Waals surface area contributed by atoms with Gasteiger partial charge in [0, 0.05) is 25.7 Å². The summed E-state index contributed by atoms with van der Waals surface area (Å²) in [6.07, 6.45) is 46.7. The summed E-state index contributed by atoms with van der Waals surface area (Å²) in [6, 6.07) is 0. The minimum Gasteiger partial charge on any atom is -0.462 e. The molecule has 0 aliphatic carbocycles. The molecule has 0 spiro atoms. The van der Waals surface area contributed by atoms with Gasteiger partial charge in [0.25, 0.3) is 0 Å². The van der Waals surface area contributed by atoms with Crippen LogP contribution in [0.2, 0.25) is 0 Å². The third kappa shape index (κ3) is 60.9. The summed E-state index contributed by atoms with van der Waals surface area (Å²) in [5.74, 6) is -0.640. The number of rotatable bonds is 65. The van der Waals surface area contributed by atoms with Crippen LogP contribution in [0.25, 0.3) is 0 Å². The van der Waals surface area contributed by atoms with Gasteiger partial charge in [-0.1, -0.05) is 265 Å². The fourth-order valence-electron chi connectivity index (χ4n) is 9.67. The Hall–Kier alpha value is -2.46. The Morgan fingerprint density at radius 1 is 0.379 bits per heavy atom. The molecule has 0 aromatic heterocycles. The Labute approximate surface area is 529 Å². The number of aliphatic hydroxyl groups excluding tert-OH is 1. The van der Waals surface area contributed by atoms with Crippen molar-refractivity contribution in [2.45, 2.75) is 336 Å². The molecule has 3 N–H and O–H groups in total. The lowest BCUT2D eigenvalue weighted by Gasteiger charge is -2.21. The predicted octanol–water partition coefficient (Wildman–Crippen LogP) is 18.8. The first-order valence-electron chi connectivity index (χ1n) is 34.8. The highest BCUT2D eigenvalue weighted by molar-refractivity contribution is 7.47. The Morgan fingerprint density at radius 2 is 0.678 bits per heavy atom. The fourth-order valence-corrected chi connectivity index (χ4v) is 11.2. The molecule has 87 heavy (non-hydrogen) atoms. The van der Waals surface area contributed by atoms with Crippen LogP contribution in [0.1, 0.15) is 318 Å². The highest BCUT2D eigenvalue weighted by Crippen LogP contribution is 2.45. The second kappa shape index (κ2) is 59.8. The number of phosphoric ester groups is 2. The number of ether oxygens (including phenoxy) is 4. The minimum absolute atomic E-state index is 0.0846. The molecule has 0 saturated heterocycles. The average molecular weight is 1280 g/mol. The van der Waals surface area contributed by atoms with Crippen LogP contribution in [0, 0.1) is 11.8 Å². The molecular weight excluding hydrogens is 1150 g/mol. The molecule has 3 unspecified atom stereocenters. The van der Waals surface area contributed by atoms with Crippen LogP contribution < -0.4 is 0 Å². The van der Waals surface area contributed by atoms with Crippen molar-refractivity contribution >= 4 is 39.5 Å². The number of hydrogen-bond acceptors (Lipinski definition) is 15. The predicted molar refractivity (Wildman–Crippen MR) is 349 cm³/mol. The third-order valence-electron chi connectivity index (χ3n) is 15.4. The number of phosphoric acid groups is 2. The van der Waals surface area contributed by atoms with E-state index in [1.54, 1.807) is 0 Å². The lowest BCUT2D eigenvalue weighted by atomic mass is 9.99. The van der Waals surface area contributed by atoms with Crippen LogP contribution >= 0.6 is 15.6 Å². The summed E-state index contributed by atoms with van der Waals surface area (Å²) < 4.78 is 68.0. The number of esters is 4. The van der Waals surface area contributed by atoms with Crippen molar-refractivity contribution in [3.63, 3.8) is 0 Å². The first kappa shape index (κ1) is 84.5. The third-order valence-corrected chi connectivity index (χ3v) is 17.3. The molecule has 0 rings (SSSR count). The maximum absolute atomic E-state index is 13.0. The summed E-state index contributed by atoms with van der Waals surface area (Å²) in [6.45, 7) is 9.40. The molecule has 0 saturated carbocycles. The van der Waals surface area contributed by atoms with E-state index in [1.165, 1.54) is 109 Å². The summed E-state index contributed by atoms with van der Waals surface area (Å²) in [5.41, 5.74) is 0. The standard InChI is InChI=1S/C68H128O17P2/c1-7-10-12-14-16-17-18-19-20-21-22-27-34-40-46-52-67(72)84-64(57-79-66(71)51-45-39-33-26-24-23-25-32-37-43-49-61(6)9-3)59-83-87(76,77)81-55-62(69)54-80-86(74,75)82-58-63(56-78-65(70)50-44-38-30-15-13-11-8-2)85-68(73)53-47-41-35-29-28-31-36-42-48-60(4)5/h17-20,60-64,69H,7-16,21-59H2,1-6H3,(H,74,75)(H,76,77)/b18-17-,20-19-/t61?,62-,63+,64+/m0/s1. The smallest absolute Gasteiger partial charge is 0.462 e. The average Bonchev–Trinajstić information content (AvgIpc) is 3.64. The van der Waals surface area contributed by atoms with E-state index in [0.717, 1.165) is 127 Å². The van der Waals surface area contributed by atoms with Crippen LogP contribution in [0.15, 0.2) is 24.3 Å². The van der Waals surface area contributed by atoms with Crippen molar-refractivity contribution in [2.24, 2.45) is 11.8 Å². The summed E-state index contributed by atoms with van der Waals surface area (Å²) >= 11 is 0. The van der Waals surface area contributed by atoms with Gasteiger partial charge in [0.05, 0.1) is 26.4 Å². The van der Waals surface area contributed by atoms with Crippen molar-refractivity contribution in [1.82, 2.24) is 0 Å². The number of carbonyl (C=O) groups is 4. The van der Waals surface area contributed by atoms with E-state index in [0.29, 0.717) is 25.7 Å². The summed E-state index contributed by atoms with van der Waals surface area (Å²) in [7, 11) is -9.90. The van der Waals surface area contributed by atoms with Gasteiger partial charge >= 0.3 is 39.5 Å². The van der Waals surface area contributed by atoms with Gasteiger partial charge in [-0.3, -0.25) is 37.3 Å². The van der Waals surface area contributed by atoms with Gasteiger partial charge in [-0.25, -0.2) is 9.13 Å². The maximum Gasteiger partial charge on any atom is 0.472 e. The van der Waals surface area contributed by atoms with Crippen molar-refractivity contribution in [2.75, 3.05) is 39.6 Å². The molecular formula is C68H128O17P2. The first-order valence-corrected chi connectivity index (χ1v) is 37.8. The Morgan fingerprint density at radius 3 is 1.03 bits per heavy atom. The summed E-state index contributed by atoms with van der Waals surface area (Å²) in [4.78, 5) is 72.3. The van der Waals surface area contributed by atoms with Gasteiger partial charge < -0.3 is 33.8 Å². The van der Waals surface area contributed by atoms with Gasteiger partial charge in [-0.15, -0.1) is 0 Å². The molecule has 0 amide bonds. The Balaban J connectivity index is 5.26. The van der Waals surface area contributed by atoms with Gasteiger partial charge in [0.1, 0.15) is 19.3 Å². The molecule has 0 heterocycles. The molecule has 0 aromatic rings. The van der Waals surface area contributed by atoms with E-state index in [2.05, 4.69) is 65.8 Å². The van der Waals surface area contributed by atoms with Crippen molar-refractivity contribution in [1.29, 1.82) is 0 Å². The van der Waals surface area contributed by atoms with Crippen LogP contribution in [0.3, 0.4) is 0 Å². The Bertz CT molecular complexity index is 1800. The minimum atomic E-state index is -4.96. The normalized spacial score (nSPS) is 14.7. The zero-order valence-corrected chi connectivity index (χ0v) is 57.6. The number of carbonyl (C=O) groups excluding carboxylic acids is 4. The Kier molecular flexibility index (Phi) is 58.1. The lowest BCUT2D eigenvalue weighted by Crippen LogP contribution is -2.30. The molecule has 0 bridgehead atoms. The van der Waals surface area contributed by atoms with E-state index in [1.807, 2.05) is 0 Å². The molecule has 0 fully saturated rings. The fraction of sp³-hybridized carbons (Fsp3) is 0.882. The van der Waals surface area contributed by atoms with Gasteiger partial charge in [-0.2, -0.15) is 0 Å². The van der Waals surface area contributed by atoms with Gasteiger partial charge in [-0.05, 0) is 63.2 Å². The zero-order valence-electron chi connectivity index (χ0n) is 55.8. The quantitative estimate of drug-likeness (QED) is 0.0169. The molecule has 0 aliphatic heterocycles. The molecule has 0 radical (unpaired) electrons. The van der Waals surface area contributed by atoms with Crippen LogP contribution in [0.4, 0.5) is 0 Å². The number of unbranched alkanes of at least 4 members (excludes halogenated alkanes) is 31. The van der Waals surface area contributed by atoms with Crippen molar-refractivity contribution < 1.29 is 80.2 Å². The van der Waals surface area contributed by atoms with Gasteiger partial charge in [0.15, 0.2) is 12.2 Å². The summed E-state index contributed by atoms with van der Waals surface area (Å²) in [5, 5.41) is 10.6. The second-order valence-corrected chi connectivity index (χ2v) is 27.5. The van der Waals surface area contributed by atoms with E-state index in [-0.39, 0.29) is 25.7 Å². The van der Waals surface area contributed by atoms with E-state index >= 15 is 0 Å². The lowest BCUT2D eigenvalue weighted by molar-refractivity contribution is -0.161. The van der Waals surface area contributed by atoms with Crippen LogP contribution in [-0.2, 0) is 65.4 Å². The molecule has 0 aromatic carbocycles. The number of hydrogen-bond donors (Lipinski definition) is 3. The van der Waals surface area contributed by atoms with Crippen LogP contribution in [-0.4, -0.2) is 96.7 Å². The number of aliphatic hydroxyl groups is 1. The van der Waals surface area contributed by atoms with Crippen molar-refractivity contribution in [3.05, 3.63) is 24.3 Å². The molecule has 19 heteroatoms. The molecule has 0 aliphatic rings.